The number of benzene rings is 2. The number of urea groups is 1. The predicted molar refractivity (Wildman–Crippen MR) is 147 cm³/mol. The number of hydrogen-bond acceptors (Lipinski definition) is 10. The molecule has 0 aliphatic carbocycles. The fourth-order valence-corrected chi connectivity index (χ4v) is 5.20. The van der Waals surface area contributed by atoms with Gasteiger partial charge in [0.05, 0.1) is 5.02 Å². The molecule has 0 aromatic heterocycles. The van der Waals surface area contributed by atoms with E-state index in [9.17, 15) is 48.7 Å². The number of ketones is 1. The zero-order valence-electron chi connectivity index (χ0n) is 22.5. The lowest BCUT2D eigenvalue weighted by Gasteiger charge is -2.33. The minimum absolute atomic E-state index is 0.0291. The summed E-state index contributed by atoms with van der Waals surface area (Å²) in [5.74, 6) is -8.35. The molecule has 1 fully saturated rings. The van der Waals surface area contributed by atoms with Gasteiger partial charge in [0.2, 0.25) is 0 Å². The molecule has 228 valence electrons. The first-order chi connectivity index (χ1) is 20.3. The molecule has 14 nitrogen and oxygen atoms in total. The van der Waals surface area contributed by atoms with E-state index in [4.69, 9.17) is 22.0 Å². The van der Waals surface area contributed by atoms with Crippen LogP contribution in [-0.2, 0) is 20.8 Å². The quantitative estimate of drug-likeness (QED) is 0.131. The SMILES string of the molecule is NCCCN1CCN(C(=O)N[C@@H](C(=O)C[C@H]2Cc3ccc(F)c(C(=O)O)c3OB2O)c2ccc(O)c(O)c2Cl)C(=O)C1=O. The van der Waals surface area contributed by atoms with Crippen LogP contribution in [0.5, 0.6) is 17.2 Å². The van der Waals surface area contributed by atoms with Crippen molar-refractivity contribution in [2.75, 3.05) is 26.2 Å². The summed E-state index contributed by atoms with van der Waals surface area (Å²) in [5.41, 5.74) is 4.72. The van der Waals surface area contributed by atoms with Gasteiger partial charge in [-0.1, -0.05) is 23.7 Å². The van der Waals surface area contributed by atoms with E-state index in [1.54, 1.807) is 0 Å². The van der Waals surface area contributed by atoms with Gasteiger partial charge in [0.1, 0.15) is 23.2 Å². The van der Waals surface area contributed by atoms with E-state index < -0.39 is 82.9 Å². The van der Waals surface area contributed by atoms with Gasteiger partial charge in [-0.05, 0) is 37.1 Å². The van der Waals surface area contributed by atoms with Crippen LogP contribution >= 0.6 is 11.6 Å². The van der Waals surface area contributed by atoms with Gasteiger partial charge in [-0.15, -0.1) is 0 Å². The van der Waals surface area contributed by atoms with Crippen LogP contribution in [0.15, 0.2) is 24.3 Å². The first kappa shape index (κ1) is 31.5. The van der Waals surface area contributed by atoms with Crippen molar-refractivity contribution in [1.82, 2.24) is 15.1 Å². The number of Topliss-reactive ketones (excluding diaryl/α,β-unsaturated/α-hetero) is 1. The van der Waals surface area contributed by atoms with Gasteiger partial charge >= 0.3 is 30.9 Å². The Kier molecular flexibility index (Phi) is 9.42. The lowest BCUT2D eigenvalue weighted by Crippen LogP contribution is -2.59. The molecule has 2 aliphatic heterocycles. The zero-order chi connectivity index (χ0) is 31.6. The Bertz CT molecular complexity index is 1490. The highest BCUT2D eigenvalue weighted by Crippen LogP contribution is 2.41. The first-order valence-corrected chi connectivity index (χ1v) is 13.5. The molecule has 1 saturated heterocycles. The number of imide groups is 1. The van der Waals surface area contributed by atoms with Gasteiger partial charge in [-0.3, -0.25) is 19.3 Å². The number of aromatic hydroxyl groups is 2. The topological polar surface area (TPSA) is 220 Å². The number of rotatable bonds is 9. The number of hydrogen-bond donors (Lipinski definition) is 6. The number of carboxylic acids is 1. The Labute approximate surface area is 248 Å². The third-order valence-corrected chi connectivity index (χ3v) is 7.60. The highest BCUT2D eigenvalue weighted by molar-refractivity contribution is 6.47. The van der Waals surface area contributed by atoms with E-state index in [-0.39, 0.29) is 49.5 Å². The average molecular weight is 621 g/mol. The molecule has 2 aliphatic rings. The van der Waals surface area contributed by atoms with Crippen molar-refractivity contribution in [3.63, 3.8) is 0 Å². The Morgan fingerprint density at radius 1 is 1.16 bits per heavy atom. The number of phenols is 2. The van der Waals surface area contributed by atoms with Crippen LogP contribution in [0.1, 0.15) is 40.4 Å². The fraction of sp³-hybridized carbons (Fsp3) is 0.346. The standard InChI is InChI=1S/C26H27BClFN4O10/c28-19-14(3-5-16(34)21(19)36)20(31-26(41)33-9-8-32(7-1-6-30)23(37)24(33)38)17(35)11-13-10-12-2-4-15(29)18(25(39)40)22(12)43-27(13)42/h2-5,13,20,34,36,42H,1,6-11,30H2,(H,31,41)(H,39,40)/t13-,20-/m1/s1. The summed E-state index contributed by atoms with van der Waals surface area (Å²) >= 11 is 6.20. The molecule has 0 saturated carbocycles. The molecule has 0 bridgehead atoms. The largest absolute Gasteiger partial charge is 0.535 e. The number of carboxylic acid groups (broad SMARTS) is 1. The summed E-state index contributed by atoms with van der Waals surface area (Å²) in [5, 5.41) is 41.8. The van der Waals surface area contributed by atoms with Crippen LogP contribution in [-0.4, -0.2) is 93.0 Å². The van der Waals surface area contributed by atoms with E-state index in [0.717, 1.165) is 18.2 Å². The van der Waals surface area contributed by atoms with Crippen molar-refractivity contribution in [3.8, 4) is 17.2 Å². The summed E-state index contributed by atoms with van der Waals surface area (Å²) in [7, 11) is -1.75. The number of nitrogens with one attached hydrogen (secondary N) is 1. The van der Waals surface area contributed by atoms with Crippen LogP contribution in [0.3, 0.4) is 0 Å². The number of phenolic OH excluding ortho intramolecular Hbond substituents is 2. The Morgan fingerprint density at radius 3 is 2.56 bits per heavy atom. The molecule has 4 amide bonds. The second-order valence-corrected chi connectivity index (χ2v) is 10.3. The Hall–Kier alpha value is -4.41. The van der Waals surface area contributed by atoms with Crippen LogP contribution < -0.4 is 15.7 Å². The number of halogens is 2. The lowest BCUT2D eigenvalue weighted by atomic mass is 9.64. The molecular formula is C26H27BClFN4O10. The van der Waals surface area contributed by atoms with Crippen LogP contribution in [0.2, 0.25) is 10.8 Å². The molecular weight excluding hydrogens is 594 g/mol. The van der Waals surface area contributed by atoms with Crippen LogP contribution in [0, 0.1) is 5.82 Å². The molecule has 0 unspecified atom stereocenters. The van der Waals surface area contributed by atoms with Crippen molar-refractivity contribution in [1.29, 1.82) is 0 Å². The fourth-order valence-electron chi connectivity index (χ4n) is 4.94. The predicted octanol–water partition coefficient (Wildman–Crippen LogP) is 0.804. The average Bonchev–Trinajstić information content (AvgIpc) is 2.96. The van der Waals surface area contributed by atoms with Gasteiger partial charge in [0.25, 0.3) is 0 Å². The molecule has 2 atom stereocenters. The van der Waals surface area contributed by atoms with Crippen molar-refractivity contribution in [2.45, 2.75) is 31.1 Å². The minimum atomic E-state index is -1.75. The number of nitrogens with zero attached hydrogens (tertiary/aromatic N) is 2. The zero-order valence-corrected chi connectivity index (χ0v) is 23.2. The number of amides is 4. The number of fused-ring (bicyclic) bond motifs is 1. The molecule has 2 heterocycles. The third-order valence-electron chi connectivity index (χ3n) is 7.20. The first-order valence-electron chi connectivity index (χ1n) is 13.1. The normalized spacial score (nSPS) is 17.3. The maximum Gasteiger partial charge on any atom is 0.526 e. The van der Waals surface area contributed by atoms with Crippen molar-refractivity contribution >= 4 is 48.3 Å². The number of nitrogens with two attached hydrogens (primary N) is 1. The molecule has 2 aromatic carbocycles. The van der Waals surface area contributed by atoms with Gasteiger partial charge < -0.3 is 40.9 Å². The van der Waals surface area contributed by atoms with Crippen molar-refractivity contribution in [3.05, 3.63) is 51.8 Å². The molecule has 2 aromatic rings. The van der Waals surface area contributed by atoms with Crippen LogP contribution in [0.4, 0.5) is 9.18 Å². The minimum Gasteiger partial charge on any atom is -0.535 e. The van der Waals surface area contributed by atoms with E-state index in [1.807, 2.05) is 0 Å². The second kappa shape index (κ2) is 12.8. The molecule has 17 heteroatoms. The monoisotopic (exact) mass is 620 g/mol. The maximum absolute atomic E-state index is 14.1. The van der Waals surface area contributed by atoms with E-state index in [1.165, 1.54) is 11.0 Å². The summed E-state index contributed by atoms with van der Waals surface area (Å²) in [6.45, 7) is 0.345. The van der Waals surface area contributed by atoms with Gasteiger partial charge in [-0.2, -0.15) is 0 Å². The van der Waals surface area contributed by atoms with Gasteiger partial charge in [-0.25, -0.2) is 14.0 Å². The highest BCUT2D eigenvalue weighted by Gasteiger charge is 2.42. The molecule has 7 N–H and O–H groups in total. The van der Waals surface area contributed by atoms with E-state index in [0.29, 0.717) is 11.3 Å². The summed E-state index contributed by atoms with van der Waals surface area (Å²) in [6, 6.07) is 1.57. The van der Waals surface area contributed by atoms with E-state index in [2.05, 4.69) is 5.32 Å². The van der Waals surface area contributed by atoms with Gasteiger partial charge in [0, 0.05) is 37.4 Å². The molecule has 43 heavy (non-hydrogen) atoms. The highest BCUT2D eigenvalue weighted by atomic mass is 35.5. The van der Waals surface area contributed by atoms with Gasteiger partial charge in [0.15, 0.2) is 17.3 Å². The third kappa shape index (κ3) is 6.35. The van der Waals surface area contributed by atoms with Crippen molar-refractivity contribution < 1.29 is 53.4 Å². The smallest absolute Gasteiger partial charge is 0.526 e. The maximum atomic E-state index is 14.1. The molecule has 0 radical (unpaired) electrons. The summed E-state index contributed by atoms with van der Waals surface area (Å²) in [6.07, 6.45) is -0.183. The number of carbonyl (C=O) groups is 5. The molecule has 4 rings (SSSR count). The second-order valence-electron chi connectivity index (χ2n) is 9.97. The number of carbonyl (C=O) groups excluding carboxylic acids is 4. The Balaban J connectivity index is 1.59. The summed E-state index contributed by atoms with van der Waals surface area (Å²) in [4.78, 5) is 65.5. The van der Waals surface area contributed by atoms with Crippen LogP contribution in [0.25, 0.3) is 0 Å². The Morgan fingerprint density at radius 2 is 1.88 bits per heavy atom. The number of aromatic carboxylic acids is 1. The summed E-state index contributed by atoms with van der Waals surface area (Å²) < 4.78 is 19.4. The lowest BCUT2D eigenvalue weighted by molar-refractivity contribution is -0.153. The molecule has 0 spiro atoms. The van der Waals surface area contributed by atoms with E-state index >= 15 is 0 Å². The van der Waals surface area contributed by atoms with Crippen molar-refractivity contribution in [2.24, 2.45) is 5.73 Å². The number of piperazine rings is 1.